The highest BCUT2D eigenvalue weighted by atomic mass is 16.7. The second-order valence-electron chi connectivity index (χ2n) is 7.82. The molecule has 0 bridgehead atoms. The molecule has 28 heavy (non-hydrogen) atoms. The molecule has 0 saturated heterocycles. The normalized spacial score (nSPS) is 16.0. The first-order valence-corrected chi connectivity index (χ1v) is 9.73. The summed E-state index contributed by atoms with van der Waals surface area (Å²) >= 11 is 0. The van der Waals surface area contributed by atoms with Crippen LogP contribution in [-0.4, -0.2) is 12.6 Å². The van der Waals surface area contributed by atoms with Crippen molar-refractivity contribution in [1.82, 2.24) is 0 Å². The van der Waals surface area contributed by atoms with Gasteiger partial charge in [-0.3, -0.25) is 4.79 Å². The average Bonchev–Trinajstić information content (AvgIpc) is 3.39. The van der Waals surface area contributed by atoms with Crippen LogP contribution < -0.4 is 9.47 Å². The summed E-state index contributed by atoms with van der Waals surface area (Å²) in [6.45, 7) is 2.35. The quantitative estimate of drug-likeness (QED) is 0.617. The summed E-state index contributed by atoms with van der Waals surface area (Å²) in [5, 5.41) is 0. The van der Waals surface area contributed by atoms with E-state index in [1.165, 1.54) is 11.1 Å². The fraction of sp³-hybridized carbons (Fsp3) is 0.240. The zero-order chi connectivity index (χ0) is 19.1. The molecule has 2 aliphatic rings. The van der Waals surface area contributed by atoms with Gasteiger partial charge in [-0.25, -0.2) is 0 Å². The Morgan fingerprint density at radius 1 is 0.893 bits per heavy atom. The molecule has 1 aliphatic heterocycles. The topological polar surface area (TPSA) is 35.5 Å². The second kappa shape index (κ2) is 6.52. The maximum absolute atomic E-state index is 13.2. The third kappa shape index (κ3) is 2.97. The zero-order valence-corrected chi connectivity index (χ0v) is 15.9. The van der Waals surface area contributed by atoms with E-state index in [1.54, 1.807) is 0 Å². The maximum atomic E-state index is 13.2. The molecular weight excluding hydrogens is 348 g/mol. The van der Waals surface area contributed by atoms with Crippen molar-refractivity contribution >= 4 is 5.78 Å². The van der Waals surface area contributed by atoms with Crippen molar-refractivity contribution in [2.24, 2.45) is 0 Å². The molecule has 0 amide bonds. The minimum Gasteiger partial charge on any atom is -0.454 e. The molecule has 1 aliphatic carbocycles. The zero-order valence-electron chi connectivity index (χ0n) is 15.9. The van der Waals surface area contributed by atoms with Gasteiger partial charge in [0.25, 0.3) is 0 Å². The number of ether oxygens (including phenoxy) is 2. The first-order chi connectivity index (χ1) is 13.6. The molecule has 0 aromatic heterocycles. The molecule has 3 heteroatoms. The average molecular weight is 370 g/mol. The van der Waals surface area contributed by atoms with Crippen molar-refractivity contribution in [3.8, 4) is 22.6 Å². The van der Waals surface area contributed by atoms with Gasteiger partial charge < -0.3 is 9.47 Å². The van der Waals surface area contributed by atoms with Gasteiger partial charge in [0.1, 0.15) is 5.78 Å². The number of carbonyl (C=O) groups is 1. The Morgan fingerprint density at radius 3 is 2.43 bits per heavy atom. The van der Waals surface area contributed by atoms with Crippen LogP contribution in [-0.2, 0) is 16.6 Å². The van der Waals surface area contributed by atoms with Gasteiger partial charge >= 0.3 is 0 Å². The molecule has 0 spiro atoms. The van der Waals surface area contributed by atoms with E-state index in [1.807, 2.05) is 30.3 Å². The lowest BCUT2D eigenvalue weighted by molar-refractivity contribution is -0.120. The molecule has 3 aromatic carbocycles. The number of fused-ring (bicyclic) bond motifs is 1. The molecule has 1 fully saturated rings. The number of Topliss-reactive ketones (excluding diaryl/α,β-unsaturated/α-hetero) is 1. The maximum Gasteiger partial charge on any atom is 0.231 e. The van der Waals surface area contributed by atoms with Crippen LogP contribution in [0.4, 0.5) is 0 Å². The Morgan fingerprint density at radius 2 is 1.64 bits per heavy atom. The molecule has 1 saturated carbocycles. The number of rotatable bonds is 5. The Bertz CT molecular complexity index is 1060. The van der Waals surface area contributed by atoms with E-state index in [0.29, 0.717) is 6.42 Å². The predicted molar refractivity (Wildman–Crippen MR) is 109 cm³/mol. The van der Waals surface area contributed by atoms with Crippen molar-refractivity contribution in [1.29, 1.82) is 0 Å². The molecule has 0 N–H and O–H groups in total. The lowest BCUT2D eigenvalue weighted by Crippen LogP contribution is -2.22. The van der Waals surface area contributed by atoms with Crippen LogP contribution in [0.2, 0.25) is 0 Å². The van der Waals surface area contributed by atoms with Crippen LogP contribution in [0.3, 0.4) is 0 Å². The summed E-state index contributed by atoms with van der Waals surface area (Å²) < 4.78 is 10.9. The lowest BCUT2D eigenvalue weighted by atomic mass is 9.87. The SMILES string of the molecule is Cc1cccc(-c2cccc(CC(=O)C3(c4ccc5c(c4)OCO5)CC3)c2)c1. The van der Waals surface area contributed by atoms with Crippen LogP contribution in [0, 0.1) is 6.92 Å². The molecule has 1 heterocycles. The molecule has 0 atom stereocenters. The van der Waals surface area contributed by atoms with E-state index in [9.17, 15) is 4.79 Å². The smallest absolute Gasteiger partial charge is 0.231 e. The molecule has 3 nitrogen and oxygen atoms in total. The van der Waals surface area contributed by atoms with E-state index in [0.717, 1.165) is 41.0 Å². The van der Waals surface area contributed by atoms with Gasteiger partial charge in [0.05, 0.1) is 5.41 Å². The number of hydrogen-bond donors (Lipinski definition) is 0. The van der Waals surface area contributed by atoms with Crippen LogP contribution in [0.1, 0.15) is 29.5 Å². The van der Waals surface area contributed by atoms with Crippen LogP contribution in [0.15, 0.2) is 66.7 Å². The summed E-state index contributed by atoms with van der Waals surface area (Å²) in [7, 11) is 0. The Balaban J connectivity index is 1.39. The molecule has 0 unspecified atom stereocenters. The highest BCUT2D eigenvalue weighted by molar-refractivity contribution is 5.95. The third-order valence-corrected chi connectivity index (χ3v) is 5.85. The molecular formula is C25H22O3. The van der Waals surface area contributed by atoms with Gasteiger partial charge in [-0.1, -0.05) is 60.2 Å². The first-order valence-electron chi connectivity index (χ1n) is 9.73. The fourth-order valence-corrected chi connectivity index (χ4v) is 4.09. The summed E-state index contributed by atoms with van der Waals surface area (Å²) in [6.07, 6.45) is 2.26. The highest BCUT2D eigenvalue weighted by Gasteiger charge is 2.50. The summed E-state index contributed by atoms with van der Waals surface area (Å²) in [5.74, 6) is 1.80. The standard InChI is InChI=1S/C25H22O3/c1-17-4-2-6-19(12-17)20-7-3-5-18(13-20)14-24(26)25(10-11-25)21-8-9-22-23(15-21)28-16-27-22/h2-9,12-13,15H,10-11,14,16H2,1H3. The van der Waals surface area contributed by atoms with Crippen molar-refractivity contribution in [2.75, 3.05) is 6.79 Å². The molecule has 140 valence electrons. The van der Waals surface area contributed by atoms with Crippen LogP contribution in [0.5, 0.6) is 11.5 Å². The Kier molecular flexibility index (Phi) is 3.97. The van der Waals surface area contributed by atoms with E-state index in [-0.39, 0.29) is 18.0 Å². The number of hydrogen-bond acceptors (Lipinski definition) is 3. The van der Waals surface area contributed by atoms with Gasteiger partial charge in [-0.15, -0.1) is 0 Å². The van der Waals surface area contributed by atoms with E-state index in [2.05, 4.69) is 43.3 Å². The number of benzene rings is 3. The Labute approximate surface area is 164 Å². The Hall–Kier alpha value is -3.07. The predicted octanol–water partition coefficient (Wildman–Crippen LogP) is 5.23. The largest absolute Gasteiger partial charge is 0.454 e. The highest BCUT2D eigenvalue weighted by Crippen LogP contribution is 2.51. The van der Waals surface area contributed by atoms with Crippen molar-refractivity contribution < 1.29 is 14.3 Å². The number of ketones is 1. The fourth-order valence-electron chi connectivity index (χ4n) is 4.09. The van der Waals surface area contributed by atoms with Gasteiger partial charge in [0.2, 0.25) is 6.79 Å². The minimum absolute atomic E-state index is 0.255. The molecule has 0 radical (unpaired) electrons. The second-order valence-corrected chi connectivity index (χ2v) is 7.82. The van der Waals surface area contributed by atoms with Crippen molar-refractivity contribution in [3.05, 3.63) is 83.4 Å². The van der Waals surface area contributed by atoms with Gasteiger partial charge in [0.15, 0.2) is 11.5 Å². The molecule has 5 rings (SSSR count). The summed E-state index contributed by atoms with van der Waals surface area (Å²) in [4.78, 5) is 13.2. The lowest BCUT2D eigenvalue weighted by Gasteiger charge is -2.15. The van der Waals surface area contributed by atoms with Crippen LogP contribution >= 0.6 is 0 Å². The monoisotopic (exact) mass is 370 g/mol. The van der Waals surface area contributed by atoms with Gasteiger partial charge in [-0.05, 0) is 54.2 Å². The van der Waals surface area contributed by atoms with E-state index < -0.39 is 0 Å². The molecule has 3 aromatic rings. The number of carbonyl (C=O) groups excluding carboxylic acids is 1. The van der Waals surface area contributed by atoms with Crippen molar-refractivity contribution in [2.45, 2.75) is 31.6 Å². The number of aryl methyl sites for hydroxylation is 1. The van der Waals surface area contributed by atoms with Crippen LogP contribution in [0.25, 0.3) is 11.1 Å². The third-order valence-electron chi connectivity index (χ3n) is 5.85. The summed E-state index contributed by atoms with van der Waals surface area (Å²) in [5.41, 5.74) is 5.33. The minimum atomic E-state index is -0.361. The van der Waals surface area contributed by atoms with Gasteiger partial charge in [0, 0.05) is 6.42 Å². The van der Waals surface area contributed by atoms with E-state index >= 15 is 0 Å². The van der Waals surface area contributed by atoms with E-state index in [4.69, 9.17) is 9.47 Å². The summed E-state index contributed by atoms with van der Waals surface area (Å²) in [6, 6.07) is 22.7. The first kappa shape index (κ1) is 17.1. The van der Waals surface area contributed by atoms with Crippen molar-refractivity contribution in [3.63, 3.8) is 0 Å². The van der Waals surface area contributed by atoms with Gasteiger partial charge in [-0.2, -0.15) is 0 Å².